The van der Waals surface area contributed by atoms with E-state index in [-0.39, 0.29) is 11.9 Å². The third-order valence-electron chi connectivity index (χ3n) is 5.04. The summed E-state index contributed by atoms with van der Waals surface area (Å²) in [6.45, 7) is 6.47. The second kappa shape index (κ2) is 8.70. The minimum atomic E-state index is -0.327. The van der Waals surface area contributed by atoms with Gasteiger partial charge in [-0.3, -0.25) is 4.79 Å². The van der Waals surface area contributed by atoms with E-state index in [0.29, 0.717) is 29.5 Å². The lowest BCUT2D eigenvalue weighted by Crippen LogP contribution is -2.17. The number of benzene rings is 1. The van der Waals surface area contributed by atoms with Crippen LogP contribution in [-0.4, -0.2) is 18.5 Å². The normalized spacial score (nSPS) is 15.9. The molecular weight excluding hydrogens is 358 g/mol. The van der Waals surface area contributed by atoms with E-state index in [1.807, 2.05) is 12.1 Å². The number of rotatable bonds is 6. The Hall–Kier alpha value is -2.14. The van der Waals surface area contributed by atoms with Gasteiger partial charge >= 0.3 is 5.97 Å². The molecule has 0 saturated heterocycles. The number of esters is 1. The van der Waals surface area contributed by atoms with Crippen molar-refractivity contribution in [3.8, 4) is 0 Å². The highest BCUT2D eigenvalue weighted by Gasteiger charge is 2.29. The van der Waals surface area contributed by atoms with Crippen LogP contribution in [0.15, 0.2) is 24.3 Å². The predicted octanol–water partition coefficient (Wildman–Crippen LogP) is 4.79. The van der Waals surface area contributed by atoms with E-state index < -0.39 is 0 Å². The number of hydrogen-bond donors (Lipinski definition) is 1. The molecule has 1 unspecified atom stereocenters. The van der Waals surface area contributed by atoms with Crippen molar-refractivity contribution < 1.29 is 14.3 Å². The van der Waals surface area contributed by atoms with Gasteiger partial charge in [0.25, 0.3) is 0 Å². The van der Waals surface area contributed by atoms with Crippen molar-refractivity contribution in [2.24, 2.45) is 5.92 Å². The molecule has 0 aliphatic heterocycles. The molecule has 4 nitrogen and oxygen atoms in total. The Kier molecular flexibility index (Phi) is 6.32. The van der Waals surface area contributed by atoms with Gasteiger partial charge in [-0.25, -0.2) is 4.79 Å². The fourth-order valence-corrected chi connectivity index (χ4v) is 4.92. The molecule has 1 aliphatic rings. The number of aryl methyl sites for hydroxylation is 1. The number of carbonyl (C=O) groups excluding carboxylic acids is 2. The molecule has 1 aromatic heterocycles. The van der Waals surface area contributed by atoms with Crippen molar-refractivity contribution in [1.29, 1.82) is 0 Å². The van der Waals surface area contributed by atoms with Gasteiger partial charge in [0, 0.05) is 4.88 Å². The molecule has 1 aromatic carbocycles. The largest absolute Gasteiger partial charge is 0.462 e. The first-order valence-corrected chi connectivity index (χ1v) is 10.5. The SMILES string of the molecule is CCOC(=O)c1c(NC(=O)Cc2ccc(CC)cc2)sc2c1CCC(C)C2. The van der Waals surface area contributed by atoms with Crippen molar-refractivity contribution >= 4 is 28.2 Å². The van der Waals surface area contributed by atoms with Crippen molar-refractivity contribution in [1.82, 2.24) is 0 Å². The van der Waals surface area contributed by atoms with Crippen LogP contribution < -0.4 is 5.32 Å². The monoisotopic (exact) mass is 385 g/mol. The lowest BCUT2D eigenvalue weighted by Gasteiger charge is -2.18. The van der Waals surface area contributed by atoms with E-state index in [1.54, 1.807) is 6.92 Å². The van der Waals surface area contributed by atoms with Crippen LogP contribution in [0.25, 0.3) is 0 Å². The molecule has 0 saturated carbocycles. The Balaban J connectivity index is 1.80. The number of nitrogens with one attached hydrogen (secondary N) is 1. The lowest BCUT2D eigenvalue weighted by atomic mass is 9.88. The van der Waals surface area contributed by atoms with Crippen LogP contribution in [0.3, 0.4) is 0 Å². The summed E-state index contributed by atoms with van der Waals surface area (Å²) < 4.78 is 5.26. The van der Waals surface area contributed by atoms with Crippen LogP contribution in [0, 0.1) is 5.92 Å². The maximum absolute atomic E-state index is 12.6. The predicted molar refractivity (Wildman–Crippen MR) is 110 cm³/mol. The third kappa shape index (κ3) is 4.59. The number of thiophene rings is 1. The molecule has 2 aromatic rings. The Morgan fingerprint density at radius 2 is 1.89 bits per heavy atom. The summed E-state index contributed by atoms with van der Waals surface area (Å²) in [5, 5.41) is 3.62. The van der Waals surface area contributed by atoms with Gasteiger partial charge in [0.15, 0.2) is 0 Å². The Morgan fingerprint density at radius 1 is 1.19 bits per heavy atom. The first-order valence-electron chi connectivity index (χ1n) is 9.71. The maximum atomic E-state index is 12.6. The zero-order valence-corrected chi connectivity index (χ0v) is 17.1. The van der Waals surface area contributed by atoms with E-state index in [9.17, 15) is 9.59 Å². The molecule has 1 amide bonds. The zero-order chi connectivity index (χ0) is 19.4. The Morgan fingerprint density at radius 3 is 2.56 bits per heavy atom. The van der Waals surface area contributed by atoms with Crippen molar-refractivity contribution in [2.75, 3.05) is 11.9 Å². The number of fused-ring (bicyclic) bond motifs is 1. The van der Waals surface area contributed by atoms with Gasteiger partial charge in [0.1, 0.15) is 5.00 Å². The molecule has 1 heterocycles. The lowest BCUT2D eigenvalue weighted by molar-refractivity contribution is -0.115. The first kappa shape index (κ1) is 19.6. The smallest absolute Gasteiger partial charge is 0.341 e. The highest BCUT2D eigenvalue weighted by Crippen LogP contribution is 2.40. The molecule has 0 radical (unpaired) electrons. The molecule has 1 aliphatic carbocycles. The molecule has 0 bridgehead atoms. The summed E-state index contributed by atoms with van der Waals surface area (Å²) in [7, 11) is 0. The minimum absolute atomic E-state index is 0.101. The summed E-state index contributed by atoms with van der Waals surface area (Å²) >= 11 is 1.53. The summed E-state index contributed by atoms with van der Waals surface area (Å²) in [6, 6.07) is 8.09. The molecule has 27 heavy (non-hydrogen) atoms. The number of hydrogen-bond acceptors (Lipinski definition) is 4. The second-order valence-corrected chi connectivity index (χ2v) is 8.28. The van der Waals surface area contributed by atoms with Crippen LogP contribution in [-0.2, 0) is 35.2 Å². The van der Waals surface area contributed by atoms with Gasteiger partial charge < -0.3 is 10.1 Å². The number of amides is 1. The molecule has 0 fully saturated rings. The number of anilines is 1. The van der Waals surface area contributed by atoms with Gasteiger partial charge in [-0.15, -0.1) is 11.3 Å². The van der Waals surface area contributed by atoms with Gasteiger partial charge in [-0.2, -0.15) is 0 Å². The van der Waals surface area contributed by atoms with Crippen LogP contribution in [0.5, 0.6) is 0 Å². The van der Waals surface area contributed by atoms with Gasteiger partial charge in [-0.1, -0.05) is 38.1 Å². The molecule has 1 N–H and O–H groups in total. The zero-order valence-electron chi connectivity index (χ0n) is 16.3. The fourth-order valence-electron chi connectivity index (χ4n) is 3.51. The standard InChI is InChI=1S/C22H27NO3S/c1-4-15-7-9-16(10-8-15)13-19(24)23-21-20(22(25)26-5-2)17-11-6-14(3)12-18(17)27-21/h7-10,14H,4-6,11-13H2,1-3H3,(H,23,24). The first-order chi connectivity index (χ1) is 13.0. The number of carbonyl (C=O) groups is 2. The average Bonchev–Trinajstić information content (AvgIpc) is 2.99. The minimum Gasteiger partial charge on any atom is -0.462 e. The van der Waals surface area contributed by atoms with E-state index >= 15 is 0 Å². The molecule has 3 rings (SSSR count). The quantitative estimate of drug-likeness (QED) is 0.727. The van der Waals surface area contributed by atoms with Gasteiger partial charge in [0.05, 0.1) is 18.6 Å². The van der Waals surface area contributed by atoms with Crippen LogP contribution >= 0.6 is 11.3 Å². The topological polar surface area (TPSA) is 55.4 Å². The van der Waals surface area contributed by atoms with E-state index in [0.717, 1.165) is 36.8 Å². The fraction of sp³-hybridized carbons (Fsp3) is 0.455. The summed E-state index contributed by atoms with van der Waals surface area (Å²) in [4.78, 5) is 26.3. The summed E-state index contributed by atoms with van der Waals surface area (Å²) in [5.41, 5.74) is 3.86. The maximum Gasteiger partial charge on any atom is 0.341 e. The Labute approximate surface area is 164 Å². The Bertz CT molecular complexity index is 823. The molecule has 144 valence electrons. The van der Waals surface area contributed by atoms with Gasteiger partial charge in [-0.05, 0) is 55.2 Å². The highest BCUT2D eigenvalue weighted by molar-refractivity contribution is 7.17. The van der Waals surface area contributed by atoms with Crippen LogP contribution in [0.1, 0.15) is 59.1 Å². The molecular formula is C22H27NO3S. The van der Waals surface area contributed by atoms with E-state index in [1.165, 1.54) is 21.8 Å². The van der Waals surface area contributed by atoms with Crippen molar-refractivity contribution in [3.63, 3.8) is 0 Å². The van der Waals surface area contributed by atoms with Crippen LogP contribution in [0.2, 0.25) is 0 Å². The average molecular weight is 386 g/mol. The highest BCUT2D eigenvalue weighted by atomic mass is 32.1. The summed E-state index contributed by atoms with van der Waals surface area (Å²) in [6.07, 6.45) is 4.17. The van der Waals surface area contributed by atoms with E-state index in [4.69, 9.17) is 4.74 Å². The van der Waals surface area contributed by atoms with E-state index in [2.05, 4.69) is 31.3 Å². The van der Waals surface area contributed by atoms with Gasteiger partial charge in [0.2, 0.25) is 5.91 Å². The molecule has 5 heteroatoms. The number of ether oxygens (including phenoxy) is 1. The molecule has 1 atom stereocenters. The summed E-state index contributed by atoms with van der Waals surface area (Å²) in [5.74, 6) is 0.176. The molecule has 0 spiro atoms. The van der Waals surface area contributed by atoms with Crippen molar-refractivity contribution in [2.45, 2.75) is 52.9 Å². The van der Waals surface area contributed by atoms with Crippen LogP contribution in [0.4, 0.5) is 5.00 Å². The second-order valence-electron chi connectivity index (χ2n) is 7.17. The van der Waals surface area contributed by atoms with Crippen molar-refractivity contribution in [3.05, 3.63) is 51.4 Å². The third-order valence-corrected chi connectivity index (χ3v) is 6.21.